The first-order chi connectivity index (χ1) is 6.16. The summed E-state index contributed by atoms with van der Waals surface area (Å²) in [5.41, 5.74) is 7.47. The monoisotopic (exact) mass is 196 g/mol. The van der Waals surface area contributed by atoms with E-state index in [1.54, 1.807) is 10.7 Å². The molecule has 4 nitrogen and oxygen atoms in total. The smallest absolute Gasteiger partial charge is 0.243 e. The van der Waals surface area contributed by atoms with E-state index in [0.717, 1.165) is 11.2 Å². The highest BCUT2D eigenvalue weighted by Gasteiger charge is 2.03. The number of halogens is 1. The molecule has 0 spiro atoms. The van der Waals surface area contributed by atoms with E-state index in [-0.39, 0.29) is 11.3 Å². The van der Waals surface area contributed by atoms with E-state index in [1.807, 2.05) is 19.1 Å². The summed E-state index contributed by atoms with van der Waals surface area (Å²) in [6, 6.07) is 3.78. The van der Waals surface area contributed by atoms with Gasteiger partial charge in [0, 0.05) is 12.2 Å². The maximum atomic E-state index is 5.72. The fraction of sp³-hybridized carbons (Fsp3) is 0.250. The summed E-state index contributed by atoms with van der Waals surface area (Å²) in [5.74, 6) is 0. The quantitative estimate of drug-likeness (QED) is 0.750. The summed E-state index contributed by atoms with van der Waals surface area (Å²) in [6.45, 7) is 1.92. The van der Waals surface area contributed by atoms with Crippen LogP contribution in [-0.4, -0.2) is 14.6 Å². The minimum atomic E-state index is 0.000440. The van der Waals surface area contributed by atoms with Crippen molar-refractivity contribution in [1.29, 1.82) is 0 Å². The first-order valence-electron chi connectivity index (χ1n) is 3.94. The first-order valence-corrected chi connectivity index (χ1v) is 4.32. The number of fused-ring (bicyclic) bond motifs is 1. The molecule has 0 aromatic carbocycles. The van der Waals surface area contributed by atoms with Crippen molar-refractivity contribution in [3.8, 4) is 0 Å². The van der Waals surface area contributed by atoms with Gasteiger partial charge in [0.1, 0.15) is 0 Å². The Morgan fingerprint density at radius 3 is 3.08 bits per heavy atom. The van der Waals surface area contributed by atoms with Gasteiger partial charge in [-0.1, -0.05) is 0 Å². The van der Waals surface area contributed by atoms with Crippen molar-refractivity contribution in [2.24, 2.45) is 5.73 Å². The number of rotatable bonds is 1. The van der Waals surface area contributed by atoms with Crippen molar-refractivity contribution >= 4 is 17.2 Å². The fourth-order valence-electron chi connectivity index (χ4n) is 1.15. The Labute approximate surface area is 80.3 Å². The van der Waals surface area contributed by atoms with E-state index in [0.29, 0.717) is 0 Å². The highest BCUT2D eigenvalue weighted by atomic mass is 35.5. The van der Waals surface area contributed by atoms with Crippen LogP contribution >= 0.6 is 11.6 Å². The van der Waals surface area contributed by atoms with Gasteiger partial charge in [-0.05, 0) is 36.2 Å². The van der Waals surface area contributed by atoms with Crippen LogP contribution in [0.3, 0.4) is 0 Å². The number of pyridine rings is 1. The molecule has 2 aromatic heterocycles. The molecule has 0 saturated carbocycles. The van der Waals surface area contributed by atoms with Gasteiger partial charge in [-0.25, -0.2) is 4.52 Å². The first kappa shape index (κ1) is 8.47. The largest absolute Gasteiger partial charge is 0.324 e. The summed E-state index contributed by atoms with van der Waals surface area (Å²) < 4.78 is 1.62. The number of nitrogens with zero attached hydrogens (tertiary/aromatic N) is 3. The predicted molar refractivity (Wildman–Crippen MR) is 50.6 cm³/mol. The summed E-state index contributed by atoms with van der Waals surface area (Å²) in [7, 11) is 0. The molecule has 1 unspecified atom stereocenters. The zero-order chi connectivity index (χ0) is 9.42. The highest BCUT2D eigenvalue weighted by molar-refractivity contribution is 6.28. The van der Waals surface area contributed by atoms with E-state index in [9.17, 15) is 0 Å². The zero-order valence-electron chi connectivity index (χ0n) is 7.11. The molecule has 2 rings (SSSR count). The molecular weight excluding hydrogens is 188 g/mol. The number of hydrogen-bond donors (Lipinski definition) is 1. The topological polar surface area (TPSA) is 56.2 Å². The van der Waals surface area contributed by atoms with Crippen LogP contribution in [-0.2, 0) is 0 Å². The number of nitrogens with two attached hydrogens (primary N) is 1. The van der Waals surface area contributed by atoms with Crippen LogP contribution < -0.4 is 5.73 Å². The summed E-state index contributed by atoms with van der Waals surface area (Å²) in [4.78, 5) is 4.02. The molecule has 68 valence electrons. The SMILES string of the molecule is CC(N)c1ccn2nc(Cl)nc2c1. The number of hydrogen-bond acceptors (Lipinski definition) is 3. The van der Waals surface area contributed by atoms with Crippen molar-refractivity contribution < 1.29 is 0 Å². The van der Waals surface area contributed by atoms with Crippen LogP contribution in [0.25, 0.3) is 5.65 Å². The second-order valence-electron chi connectivity index (χ2n) is 2.93. The van der Waals surface area contributed by atoms with Gasteiger partial charge in [0.15, 0.2) is 5.65 Å². The second-order valence-corrected chi connectivity index (χ2v) is 3.27. The van der Waals surface area contributed by atoms with Crippen molar-refractivity contribution in [2.45, 2.75) is 13.0 Å². The molecule has 0 amide bonds. The van der Waals surface area contributed by atoms with Gasteiger partial charge in [0.25, 0.3) is 0 Å². The molecule has 0 aliphatic heterocycles. The maximum Gasteiger partial charge on any atom is 0.243 e. The molecule has 1 atom stereocenters. The third kappa shape index (κ3) is 1.50. The van der Waals surface area contributed by atoms with Crippen LogP contribution in [0.15, 0.2) is 18.3 Å². The van der Waals surface area contributed by atoms with Gasteiger partial charge in [-0.2, -0.15) is 4.98 Å². The molecule has 0 bridgehead atoms. The van der Waals surface area contributed by atoms with Crippen LogP contribution in [0.2, 0.25) is 5.28 Å². The summed E-state index contributed by atoms with van der Waals surface area (Å²) >= 11 is 5.64. The van der Waals surface area contributed by atoms with Crippen molar-refractivity contribution in [3.63, 3.8) is 0 Å². The minimum absolute atomic E-state index is 0.000440. The molecule has 2 aromatic rings. The third-order valence-electron chi connectivity index (χ3n) is 1.86. The van der Waals surface area contributed by atoms with Gasteiger partial charge in [0.05, 0.1) is 0 Å². The van der Waals surface area contributed by atoms with Gasteiger partial charge < -0.3 is 5.73 Å². The third-order valence-corrected chi connectivity index (χ3v) is 2.02. The predicted octanol–water partition coefficient (Wildman–Crippen LogP) is 1.40. The van der Waals surface area contributed by atoms with Gasteiger partial charge in [0.2, 0.25) is 5.28 Å². The molecule has 2 N–H and O–H groups in total. The van der Waals surface area contributed by atoms with Crippen LogP contribution in [0, 0.1) is 0 Å². The molecule has 5 heteroatoms. The summed E-state index contributed by atoms with van der Waals surface area (Å²) in [6.07, 6.45) is 1.80. The normalized spacial score (nSPS) is 13.5. The summed E-state index contributed by atoms with van der Waals surface area (Å²) in [5, 5.41) is 4.20. The Balaban J connectivity index is 2.61. The average Bonchev–Trinajstić information content (AvgIpc) is 2.42. The van der Waals surface area contributed by atoms with E-state index >= 15 is 0 Å². The second kappa shape index (κ2) is 2.97. The Hall–Kier alpha value is -1.13. The maximum absolute atomic E-state index is 5.72. The van der Waals surface area contributed by atoms with Gasteiger partial charge in [-0.15, -0.1) is 5.10 Å². The van der Waals surface area contributed by atoms with Crippen LogP contribution in [0.5, 0.6) is 0 Å². The Morgan fingerprint density at radius 1 is 1.62 bits per heavy atom. The fourth-order valence-corrected chi connectivity index (χ4v) is 1.32. The minimum Gasteiger partial charge on any atom is -0.324 e. The molecular formula is C8H9ClN4. The van der Waals surface area contributed by atoms with Crippen molar-refractivity contribution in [2.75, 3.05) is 0 Å². The standard InChI is InChI=1S/C8H9ClN4/c1-5(10)6-2-3-13-7(4-6)11-8(9)12-13/h2-5H,10H2,1H3. The highest BCUT2D eigenvalue weighted by Crippen LogP contribution is 2.12. The van der Waals surface area contributed by atoms with Gasteiger partial charge in [-0.3, -0.25) is 0 Å². The van der Waals surface area contributed by atoms with E-state index in [4.69, 9.17) is 17.3 Å². The molecule has 13 heavy (non-hydrogen) atoms. The average molecular weight is 197 g/mol. The molecule has 2 heterocycles. The molecule has 0 radical (unpaired) electrons. The Bertz CT molecular complexity index is 435. The lowest BCUT2D eigenvalue weighted by molar-refractivity contribution is 0.811. The molecule has 0 saturated heterocycles. The lowest BCUT2D eigenvalue weighted by atomic mass is 10.1. The number of aromatic nitrogens is 3. The Kier molecular flexibility index (Phi) is 1.94. The lowest BCUT2D eigenvalue weighted by Gasteiger charge is -2.03. The van der Waals surface area contributed by atoms with E-state index in [1.165, 1.54) is 0 Å². The molecule has 0 fully saturated rings. The lowest BCUT2D eigenvalue weighted by Crippen LogP contribution is -2.05. The van der Waals surface area contributed by atoms with Gasteiger partial charge >= 0.3 is 0 Å². The van der Waals surface area contributed by atoms with E-state index in [2.05, 4.69) is 10.1 Å². The van der Waals surface area contributed by atoms with E-state index < -0.39 is 0 Å². The zero-order valence-corrected chi connectivity index (χ0v) is 7.86. The van der Waals surface area contributed by atoms with Crippen LogP contribution in [0.1, 0.15) is 18.5 Å². The van der Waals surface area contributed by atoms with Crippen molar-refractivity contribution in [1.82, 2.24) is 14.6 Å². The van der Waals surface area contributed by atoms with Crippen LogP contribution in [0.4, 0.5) is 0 Å². The van der Waals surface area contributed by atoms with Crippen molar-refractivity contribution in [3.05, 3.63) is 29.2 Å². The Morgan fingerprint density at radius 2 is 2.38 bits per heavy atom. The molecule has 0 aliphatic rings. The molecule has 0 aliphatic carbocycles.